The molecule has 1 N–H and O–H groups in total. The van der Waals surface area contributed by atoms with Gasteiger partial charge in [0.05, 0.1) is 12.2 Å². The molecule has 8 heteroatoms. The molecule has 0 saturated heterocycles. The Morgan fingerprint density at radius 3 is 3.03 bits per heavy atom. The van der Waals surface area contributed by atoms with Crippen LogP contribution in [-0.2, 0) is 20.7 Å². The number of thiophene rings is 1. The second-order valence-corrected chi connectivity index (χ2v) is 7.24. The smallest absolute Gasteiger partial charge is 0.331 e. The highest BCUT2D eigenvalue weighted by molar-refractivity contribution is 7.14. The third kappa shape index (κ3) is 5.15. The number of hydrogen-bond donors (Lipinski definition) is 1. The zero-order valence-corrected chi connectivity index (χ0v) is 16.9. The van der Waals surface area contributed by atoms with E-state index in [1.54, 1.807) is 17.5 Å². The van der Waals surface area contributed by atoms with E-state index in [-0.39, 0.29) is 6.10 Å². The van der Waals surface area contributed by atoms with Gasteiger partial charge in [-0.2, -0.15) is 5.26 Å². The Kier molecular flexibility index (Phi) is 6.52. The Morgan fingerprint density at radius 2 is 2.28 bits per heavy atom. The van der Waals surface area contributed by atoms with E-state index < -0.39 is 18.5 Å². The van der Waals surface area contributed by atoms with E-state index in [2.05, 4.69) is 5.32 Å². The van der Waals surface area contributed by atoms with Crippen molar-refractivity contribution in [2.24, 2.45) is 0 Å². The maximum Gasteiger partial charge on any atom is 0.331 e. The lowest BCUT2D eigenvalue weighted by molar-refractivity contribution is -0.142. The lowest BCUT2D eigenvalue weighted by Crippen LogP contribution is -2.20. The van der Waals surface area contributed by atoms with Crippen molar-refractivity contribution in [1.29, 1.82) is 5.26 Å². The number of ether oxygens (including phenoxy) is 3. The van der Waals surface area contributed by atoms with Crippen LogP contribution in [0.1, 0.15) is 30.5 Å². The van der Waals surface area contributed by atoms with E-state index in [9.17, 15) is 9.59 Å². The largest absolute Gasteiger partial charge is 0.493 e. The number of benzene rings is 1. The molecule has 1 atom stereocenters. The van der Waals surface area contributed by atoms with E-state index >= 15 is 0 Å². The van der Waals surface area contributed by atoms with Gasteiger partial charge in [-0.15, -0.1) is 11.3 Å². The van der Waals surface area contributed by atoms with E-state index in [0.717, 1.165) is 17.7 Å². The molecule has 2 heterocycles. The number of hydrogen-bond acceptors (Lipinski definition) is 7. The highest BCUT2D eigenvalue weighted by Crippen LogP contribution is 2.35. The number of esters is 1. The van der Waals surface area contributed by atoms with Crippen LogP contribution in [0.2, 0.25) is 0 Å². The summed E-state index contributed by atoms with van der Waals surface area (Å²) in [6.07, 6.45) is 3.73. The van der Waals surface area contributed by atoms with Gasteiger partial charge in [0.15, 0.2) is 6.61 Å². The standard InChI is InChI=1S/C21H20N2O5S/c1-3-26-17-10-16-8-13(2)28-18(16)9-14(17)4-5-20(25)27-12-19(24)23-21-15(11-22)6-7-29-21/h4-7,9-10,13H,3,8,12H2,1-2H3,(H,23,24)/b5-4+/t13-/m1/s1. The average molecular weight is 412 g/mol. The number of nitriles is 1. The van der Waals surface area contributed by atoms with E-state index in [1.807, 2.05) is 32.0 Å². The number of nitrogens with one attached hydrogen (secondary N) is 1. The quantitative estimate of drug-likeness (QED) is 0.552. The first kappa shape index (κ1) is 20.4. The van der Waals surface area contributed by atoms with Gasteiger partial charge in [0.2, 0.25) is 0 Å². The van der Waals surface area contributed by atoms with Crippen molar-refractivity contribution >= 4 is 34.3 Å². The van der Waals surface area contributed by atoms with Crippen LogP contribution >= 0.6 is 11.3 Å². The van der Waals surface area contributed by atoms with E-state index in [0.29, 0.717) is 28.5 Å². The SMILES string of the molecule is CCOc1cc2c(cc1/C=C/C(=O)OCC(=O)Nc1sccc1C#N)O[C@H](C)C2. The van der Waals surface area contributed by atoms with Crippen LogP contribution in [0.15, 0.2) is 29.7 Å². The first-order valence-corrected chi connectivity index (χ1v) is 9.96. The molecule has 3 rings (SSSR count). The number of nitrogens with zero attached hydrogens (tertiary/aromatic N) is 1. The van der Waals surface area contributed by atoms with Gasteiger partial charge in [0, 0.05) is 23.6 Å². The Morgan fingerprint density at radius 1 is 1.45 bits per heavy atom. The lowest BCUT2D eigenvalue weighted by Gasteiger charge is -2.10. The molecule has 2 aromatic rings. The Bertz CT molecular complexity index is 989. The maximum atomic E-state index is 12.0. The number of anilines is 1. The van der Waals surface area contributed by atoms with Crippen LogP contribution in [-0.4, -0.2) is 31.2 Å². The molecule has 0 spiro atoms. The van der Waals surface area contributed by atoms with Crippen molar-refractivity contribution in [2.75, 3.05) is 18.5 Å². The predicted molar refractivity (Wildman–Crippen MR) is 109 cm³/mol. The van der Waals surface area contributed by atoms with Crippen LogP contribution in [0.4, 0.5) is 5.00 Å². The first-order valence-electron chi connectivity index (χ1n) is 9.08. The molecule has 1 amide bonds. The summed E-state index contributed by atoms with van der Waals surface area (Å²) in [5.74, 6) is 0.259. The molecule has 0 radical (unpaired) electrons. The molecule has 150 valence electrons. The monoisotopic (exact) mass is 412 g/mol. The van der Waals surface area contributed by atoms with Gasteiger partial charge in [-0.3, -0.25) is 4.79 Å². The first-order chi connectivity index (χ1) is 14.0. The van der Waals surface area contributed by atoms with Crippen LogP contribution in [0.25, 0.3) is 6.08 Å². The highest BCUT2D eigenvalue weighted by Gasteiger charge is 2.21. The van der Waals surface area contributed by atoms with E-state index in [4.69, 9.17) is 19.5 Å². The van der Waals surface area contributed by atoms with Gasteiger partial charge in [-0.1, -0.05) is 0 Å². The fourth-order valence-corrected chi connectivity index (χ4v) is 3.62. The molecule has 1 aliphatic heterocycles. The summed E-state index contributed by atoms with van der Waals surface area (Å²) in [4.78, 5) is 23.9. The van der Waals surface area contributed by atoms with Crippen molar-refractivity contribution in [3.8, 4) is 17.6 Å². The van der Waals surface area contributed by atoms with Crippen LogP contribution in [0.3, 0.4) is 0 Å². The van der Waals surface area contributed by atoms with Crippen LogP contribution in [0.5, 0.6) is 11.5 Å². The second-order valence-electron chi connectivity index (χ2n) is 6.33. The van der Waals surface area contributed by atoms with Gasteiger partial charge in [0.1, 0.15) is 28.7 Å². The molecular weight excluding hydrogens is 392 g/mol. The van der Waals surface area contributed by atoms with Crippen molar-refractivity contribution < 1.29 is 23.8 Å². The predicted octanol–water partition coefficient (Wildman–Crippen LogP) is 3.54. The van der Waals surface area contributed by atoms with Crippen molar-refractivity contribution in [3.63, 3.8) is 0 Å². The number of carbonyl (C=O) groups excluding carboxylic acids is 2. The number of amides is 1. The molecule has 1 aromatic carbocycles. The zero-order valence-electron chi connectivity index (χ0n) is 16.1. The van der Waals surface area contributed by atoms with Gasteiger partial charge in [0.25, 0.3) is 5.91 Å². The zero-order chi connectivity index (χ0) is 20.8. The fraction of sp³-hybridized carbons (Fsp3) is 0.286. The third-order valence-corrected chi connectivity index (χ3v) is 4.94. The topological polar surface area (TPSA) is 97.6 Å². The summed E-state index contributed by atoms with van der Waals surface area (Å²) in [5, 5.41) is 13.6. The molecule has 29 heavy (non-hydrogen) atoms. The van der Waals surface area contributed by atoms with Crippen molar-refractivity contribution in [2.45, 2.75) is 26.4 Å². The molecule has 0 saturated carbocycles. The minimum atomic E-state index is -0.663. The fourth-order valence-electron chi connectivity index (χ4n) is 2.87. The van der Waals surface area contributed by atoms with Crippen LogP contribution < -0.4 is 14.8 Å². The second kappa shape index (κ2) is 9.26. The summed E-state index contributed by atoms with van der Waals surface area (Å²) in [6.45, 7) is 3.93. The average Bonchev–Trinajstić information content (AvgIpc) is 3.29. The van der Waals surface area contributed by atoms with Crippen molar-refractivity contribution in [3.05, 3.63) is 46.3 Å². The maximum absolute atomic E-state index is 12.0. The highest BCUT2D eigenvalue weighted by atomic mass is 32.1. The lowest BCUT2D eigenvalue weighted by atomic mass is 10.1. The van der Waals surface area contributed by atoms with Gasteiger partial charge in [-0.05, 0) is 43.5 Å². The minimum Gasteiger partial charge on any atom is -0.493 e. The summed E-state index contributed by atoms with van der Waals surface area (Å²) in [6, 6.07) is 7.34. The van der Waals surface area contributed by atoms with E-state index in [1.165, 1.54) is 17.4 Å². The number of rotatable bonds is 7. The summed E-state index contributed by atoms with van der Waals surface area (Å²) in [7, 11) is 0. The number of fused-ring (bicyclic) bond motifs is 1. The van der Waals surface area contributed by atoms with Gasteiger partial charge in [-0.25, -0.2) is 4.79 Å². The molecule has 1 aliphatic rings. The number of carbonyl (C=O) groups is 2. The molecule has 0 bridgehead atoms. The Balaban J connectivity index is 1.60. The van der Waals surface area contributed by atoms with Crippen molar-refractivity contribution in [1.82, 2.24) is 0 Å². The summed E-state index contributed by atoms with van der Waals surface area (Å²) < 4.78 is 16.4. The normalized spacial score (nSPS) is 14.7. The summed E-state index contributed by atoms with van der Waals surface area (Å²) >= 11 is 1.23. The minimum absolute atomic E-state index is 0.104. The van der Waals surface area contributed by atoms with Crippen LogP contribution in [0, 0.1) is 11.3 Å². The Hall–Kier alpha value is -3.31. The molecule has 0 unspecified atom stereocenters. The molecule has 0 aliphatic carbocycles. The molecule has 7 nitrogen and oxygen atoms in total. The molecular formula is C21H20N2O5S. The molecule has 0 fully saturated rings. The third-order valence-electron chi connectivity index (χ3n) is 4.11. The molecule has 1 aromatic heterocycles. The summed E-state index contributed by atoms with van der Waals surface area (Å²) in [5.41, 5.74) is 2.13. The van der Waals surface area contributed by atoms with Gasteiger partial charge < -0.3 is 19.5 Å². The van der Waals surface area contributed by atoms with Gasteiger partial charge >= 0.3 is 5.97 Å². The Labute approximate surface area is 172 Å².